The molecule has 0 N–H and O–H groups in total. The van der Waals surface area contributed by atoms with Crippen molar-refractivity contribution in [1.29, 1.82) is 0 Å². The van der Waals surface area contributed by atoms with Crippen molar-refractivity contribution in [3.8, 4) is 5.75 Å². The molecule has 0 spiro atoms. The van der Waals surface area contributed by atoms with Gasteiger partial charge >= 0.3 is 0 Å². The Balaban J connectivity index is 2.77. The maximum atomic E-state index is 12.5. The second-order valence-electron chi connectivity index (χ2n) is 4.73. The Kier molecular flexibility index (Phi) is 7.01. The van der Waals surface area contributed by atoms with Crippen molar-refractivity contribution in [3.63, 3.8) is 0 Å². The predicted molar refractivity (Wildman–Crippen MR) is 78.7 cm³/mol. The maximum Gasteiger partial charge on any atom is 0.253 e. The molecule has 19 heavy (non-hydrogen) atoms. The van der Waals surface area contributed by atoms with Crippen LogP contribution in [-0.4, -0.2) is 31.0 Å². The smallest absolute Gasteiger partial charge is 0.253 e. The van der Waals surface area contributed by atoms with Gasteiger partial charge in [-0.1, -0.05) is 32.8 Å². The van der Waals surface area contributed by atoms with Gasteiger partial charge in [0.1, 0.15) is 5.75 Å². The van der Waals surface area contributed by atoms with Crippen LogP contribution in [0.5, 0.6) is 5.75 Å². The van der Waals surface area contributed by atoms with Crippen LogP contribution in [0.4, 0.5) is 0 Å². The maximum absolute atomic E-state index is 12.5. The molecule has 0 aliphatic heterocycles. The van der Waals surface area contributed by atoms with Gasteiger partial charge in [-0.2, -0.15) is 0 Å². The summed E-state index contributed by atoms with van der Waals surface area (Å²) in [4.78, 5) is 14.5. The van der Waals surface area contributed by atoms with E-state index in [2.05, 4.69) is 13.8 Å². The summed E-state index contributed by atoms with van der Waals surface area (Å²) in [7, 11) is 1.62. The fraction of sp³-hybridized carbons (Fsp3) is 0.562. The summed E-state index contributed by atoms with van der Waals surface area (Å²) in [5, 5.41) is 0. The molecule has 0 radical (unpaired) electrons. The highest BCUT2D eigenvalue weighted by Gasteiger charge is 2.15. The van der Waals surface area contributed by atoms with Gasteiger partial charge in [-0.3, -0.25) is 4.79 Å². The number of benzene rings is 1. The molecule has 0 atom stereocenters. The molecule has 0 saturated heterocycles. The number of ether oxygens (including phenoxy) is 1. The van der Waals surface area contributed by atoms with Gasteiger partial charge in [0.2, 0.25) is 0 Å². The van der Waals surface area contributed by atoms with E-state index in [1.54, 1.807) is 7.11 Å². The molecule has 0 aliphatic rings. The lowest BCUT2D eigenvalue weighted by Gasteiger charge is -2.22. The van der Waals surface area contributed by atoms with E-state index in [4.69, 9.17) is 4.74 Å². The van der Waals surface area contributed by atoms with Crippen LogP contribution >= 0.6 is 0 Å². The van der Waals surface area contributed by atoms with Crippen LogP contribution in [0, 0.1) is 0 Å². The third-order valence-corrected chi connectivity index (χ3v) is 3.17. The monoisotopic (exact) mass is 263 g/mol. The highest BCUT2D eigenvalue weighted by Crippen LogP contribution is 2.15. The molecule has 3 nitrogen and oxygen atoms in total. The average molecular weight is 263 g/mol. The van der Waals surface area contributed by atoms with E-state index in [0.717, 1.165) is 44.5 Å². The lowest BCUT2D eigenvalue weighted by molar-refractivity contribution is 0.0750. The third kappa shape index (κ3) is 4.93. The molecule has 0 aromatic heterocycles. The van der Waals surface area contributed by atoms with Crippen molar-refractivity contribution in [2.45, 2.75) is 39.5 Å². The molecule has 0 heterocycles. The first-order chi connectivity index (χ1) is 9.22. The average Bonchev–Trinajstić information content (AvgIpc) is 2.47. The third-order valence-electron chi connectivity index (χ3n) is 3.17. The molecule has 0 aliphatic carbocycles. The molecule has 0 unspecified atom stereocenters. The largest absolute Gasteiger partial charge is 0.497 e. The van der Waals surface area contributed by atoms with Crippen LogP contribution in [0.15, 0.2) is 24.3 Å². The van der Waals surface area contributed by atoms with Crippen LogP contribution < -0.4 is 4.74 Å². The Labute approximate surface area is 116 Å². The predicted octanol–water partition coefficient (Wildman–Crippen LogP) is 3.74. The lowest BCUT2D eigenvalue weighted by Crippen LogP contribution is -2.32. The summed E-state index contributed by atoms with van der Waals surface area (Å²) in [6, 6.07) is 7.39. The molecule has 0 bridgehead atoms. The summed E-state index contributed by atoms with van der Waals surface area (Å²) < 4.78 is 5.18. The fourth-order valence-corrected chi connectivity index (χ4v) is 1.95. The minimum atomic E-state index is 0.112. The number of unbranched alkanes of at least 4 members (excludes halogenated alkanes) is 2. The first-order valence-electron chi connectivity index (χ1n) is 7.16. The van der Waals surface area contributed by atoms with Gasteiger partial charge in [-0.15, -0.1) is 0 Å². The van der Waals surface area contributed by atoms with Gasteiger partial charge in [-0.05, 0) is 31.0 Å². The van der Waals surface area contributed by atoms with E-state index in [-0.39, 0.29) is 5.91 Å². The Bertz CT molecular complexity index is 382. The van der Waals surface area contributed by atoms with Crippen LogP contribution in [0.25, 0.3) is 0 Å². The number of carbonyl (C=O) groups is 1. The second-order valence-corrected chi connectivity index (χ2v) is 4.73. The standard InChI is InChI=1S/C16H25NO2/c1-4-6-11-17(12-7-5-2)16(18)14-9-8-10-15(13-14)19-3/h8-10,13H,4-7,11-12H2,1-3H3. The number of methoxy groups -OCH3 is 1. The zero-order chi connectivity index (χ0) is 14.1. The van der Waals surface area contributed by atoms with Crippen molar-refractivity contribution >= 4 is 5.91 Å². The summed E-state index contributed by atoms with van der Waals surface area (Å²) >= 11 is 0. The van der Waals surface area contributed by atoms with Crippen LogP contribution in [0.3, 0.4) is 0 Å². The number of hydrogen-bond donors (Lipinski definition) is 0. The quantitative estimate of drug-likeness (QED) is 0.715. The first kappa shape index (κ1) is 15.5. The molecule has 0 fully saturated rings. The van der Waals surface area contributed by atoms with Crippen molar-refractivity contribution in [1.82, 2.24) is 4.90 Å². The number of carbonyl (C=O) groups excluding carboxylic acids is 1. The normalized spacial score (nSPS) is 10.3. The van der Waals surface area contributed by atoms with Gasteiger partial charge in [0.05, 0.1) is 7.11 Å². The highest BCUT2D eigenvalue weighted by atomic mass is 16.5. The van der Waals surface area contributed by atoms with Gasteiger partial charge in [0.25, 0.3) is 5.91 Å². The Hall–Kier alpha value is -1.51. The summed E-state index contributed by atoms with van der Waals surface area (Å²) in [6.07, 6.45) is 4.32. The zero-order valence-corrected chi connectivity index (χ0v) is 12.3. The van der Waals surface area contributed by atoms with Crippen molar-refractivity contribution in [2.24, 2.45) is 0 Å². The van der Waals surface area contributed by atoms with E-state index in [9.17, 15) is 4.79 Å². The summed E-state index contributed by atoms with van der Waals surface area (Å²) in [6.45, 7) is 5.97. The Morgan fingerprint density at radius 3 is 2.32 bits per heavy atom. The Morgan fingerprint density at radius 1 is 1.16 bits per heavy atom. The van der Waals surface area contributed by atoms with E-state index < -0.39 is 0 Å². The van der Waals surface area contributed by atoms with E-state index in [0.29, 0.717) is 5.56 Å². The fourth-order valence-electron chi connectivity index (χ4n) is 1.95. The van der Waals surface area contributed by atoms with E-state index >= 15 is 0 Å². The minimum absolute atomic E-state index is 0.112. The van der Waals surface area contributed by atoms with Gasteiger partial charge < -0.3 is 9.64 Å². The van der Waals surface area contributed by atoms with Crippen LogP contribution in [0.1, 0.15) is 49.9 Å². The molecule has 1 rings (SSSR count). The topological polar surface area (TPSA) is 29.5 Å². The number of nitrogens with zero attached hydrogens (tertiary/aromatic N) is 1. The minimum Gasteiger partial charge on any atom is -0.497 e. The molecule has 0 saturated carbocycles. The van der Waals surface area contributed by atoms with Gasteiger partial charge in [0.15, 0.2) is 0 Å². The lowest BCUT2D eigenvalue weighted by atomic mass is 10.1. The Morgan fingerprint density at radius 2 is 1.79 bits per heavy atom. The van der Waals surface area contributed by atoms with Gasteiger partial charge in [-0.25, -0.2) is 0 Å². The highest BCUT2D eigenvalue weighted by molar-refractivity contribution is 5.94. The van der Waals surface area contributed by atoms with E-state index in [1.165, 1.54) is 0 Å². The summed E-state index contributed by atoms with van der Waals surface area (Å²) in [5.74, 6) is 0.845. The number of rotatable bonds is 8. The number of hydrogen-bond acceptors (Lipinski definition) is 2. The molecule has 1 amide bonds. The molecule has 1 aromatic carbocycles. The number of amides is 1. The van der Waals surface area contributed by atoms with Crippen molar-refractivity contribution in [3.05, 3.63) is 29.8 Å². The van der Waals surface area contributed by atoms with Crippen LogP contribution in [0.2, 0.25) is 0 Å². The van der Waals surface area contributed by atoms with Gasteiger partial charge in [0, 0.05) is 18.7 Å². The summed E-state index contributed by atoms with van der Waals surface area (Å²) in [5.41, 5.74) is 0.714. The first-order valence-corrected chi connectivity index (χ1v) is 7.16. The van der Waals surface area contributed by atoms with E-state index in [1.807, 2.05) is 29.2 Å². The molecular weight excluding hydrogens is 238 g/mol. The second kappa shape index (κ2) is 8.57. The van der Waals surface area contributed by atoms with Crippen LogP contribution in [-0.2, 0) is 0 Å². The zero-order valence-electron chi connectivity index (χ0n) is 12.3. The SMILES string of the molecule is CCCCN(CCCC)C(=O)c1cccc(OC)c1. The molecular formula is C16H25NO2. The molecule has 3 heteroatoms. The van der Waals surface area contributed by atoms with Crippen molar-refractivity contribution < 1.29 is 9.53 Å². The van der Waals surface area contributed by atoms with Crippen molar-refractivity contribution in [2.75, 3.05) is 20.2 Å². The molecule has 106 valence electrons. The molecule has 1 aromatic rings.